The summed E-state index contributed by atoms with van der Waals surface area (Å²) in [6.45, 7) is 10.9. The first-order valence-electron chi connectivity index (χ1n) is 8.08. The fraction of sp³-hybridized carbons (Fsp3) is 0.750. The minimum absolute atomic E-state index is 0.0746. The number of nitrogens with zero attached hydrogens (tertiary/aromatic N) is 3. The van der Waals surface area contributed by atoms with Gasteiger partial charge in [-0.3, -0.25) is 0 Å². The second-order valence-corrected chi connectivity index (χ2v) is 6.27. The number of carbonyl (C=O) groups is 1. The van der Waals surface area contributed by atoms with Gasteiger partial charge < -0.3 is 14.8 Å². The zero-order chi connectivity index (χ0) is 15.4. The molecule has 1 N–H and O–H groups in total. The molecule has 0 aliphatic carbocycles. The molecular formula is C16H28N4O. The Labute approximate surface area is 127 Å². The topological polar surface area (TPSA) is 50.2 Å². The van der Waals surface area contributed by atoms with E-state index in [2.05, 4.69) is 35.6 Å². The molecule has 1 aliphatic rings. The van der Waals surface area contributed by atoms with E-state index < -0.39 is 0 Å². The van der Waals surface area contributed by atoms with Gasteiger partial charge >= 0.3 is 6.03 Å². The third kappa shape index (κ3) is 3.77. The maximum absolute atomic E-state index is 12.0. The highest BCUT2D eigenvalue weighted by Crippen LogP contribution is 2.22. The number of carbonyl (C=O) groups excluding carboxylic acids is 1. The smallest absolute Gasteiger partial charge is 0.317 e. The number of nitrogens with one attached hydrogen (secondary N) is 1. The van der Waals surface area contributed by atoms with Crippen LogP contribution in [0.1, 0.15) is 51.2 Å². The average Bonchev–Trinajstić information content (AvgIpc) is 2.80. The second kappa shape index (κ2) is 6.96. The Balaban J connectivity index is 2.01. The molecule has 21 heavy (non-hydrogen) atoms. The van der Waals surface area contributed by atoms with Crippen molar-refractivity contribution in [1.82, 2.24) is 19.8 Å². The minimum atomic E-state index is 0.0746. The highest BCUT2D eigenvalue weighted by Gasteiger charge is 2.25. The normalized spacial score (nSPS) is 19.1. The molecular weight excluding hydrogens is 264 g/mol. The van der Waals surface area contributed by atoms with E-state index in [1.54, 1.807) is 0 Å². The lowest BCUT2D eigenvalue weighted by Gasteiger charge is -2.32. The van der Waals surface area contributed by atoms with Crippen molar-refractivity contribution in [3.8, 4) is 0 Å². The van der Waals surface area contributed by atoms with Gasteiger partial charge in [-0.2, -0.15) is 0 Å². The van der Waals surface area contributed by atoms with E-state index in [4.69, 9.17) is 0 Å². The van der Waals surface area contributed by atoms with E-state index >= 15 is 0 Å². The molecule has 2 amide bonds. The molecule has 1 saturated heterocycles. The first-order chi connectivity index (χ1) is 10.0. The molecule has 1 fully saturated rings. The highest BCUT2D eigenvalue weighted by molar-refractivity contribution is 5.74. The van der Waals surface area contributed by atoms with E-state index in [9.17, 15) is 4.79 Å². The largest absolute Gasteiger partial charge is 0.338 e. The van der Waals surface area contributed by atoms with Crippen molar-refractivity contribution in [3.05, 3.63) is 17.7 Å². The van der Waals surface area contributed by atoms with Crippen molar-refractivity contribution < 1.29 is 4.79 Å². The predicted molar refractivity (Wildman–Crippen MR) is 84.4 cm³/mol. The molecule has 2 heterocycles. The number of hydrogen-bond acceptors (Lipinski definition) is 2. The first kappa shape index (κ1) is 15.9. The molecule has 0 spiro atoms. The molecule has 0 aromatic carbocycles. The lowest BCUT2D eigenvalue weighted by molar-refractivity contribution is 0.164. The van der Waals surface area contributed by atoms with Gasteiger partial charge in [-0.1, -0.05) is 0 Å². The number of likely N-dealkylation sites (tertiary alicyclic amines) is 1. The Morgan fingerprint density at radius 2 is 2.29 bits per heavy atom. The average molecular weight is 292 g/mol. The molecule has 1 atom stereocenters. The minimum Gasteiger partial charge on any atom is -0.338 e. The summed E-state index contributed by atoms with van der Waals surface area (Å²) < 4.78 is 2.31. The van der Waals surface area contributed by atoms with Gasteiger partial charge in [0.05, 0.1) is 0 Å². The Morgan fingerprint density at radius 3 is 2.95 bits per heavy atom. The summed E-state index contributed by atoms with van der Waals surface area (Å²) in [6.07, 6.45) is 5.19. The molecule has 0 saturated carbocycles. The van der Waals surface area contributed by atoms with Crippen molar-refractivity contribution in [2.24, 2.45) is 5.92 Å². The van der Waals surface area contributed by atoms with Crippen molar-refractivity contribution in [3.63, 3.8) is 0 Å². The molecule has 0 radical (unpaired) electrons. The van der Waals surface area contributed by atoms with Crippen LogP contribution >= 0.6 is 0 Å². The molecule has 5 heteroatoms. The number of piperidine rings is 1. The summed E-state index contributed by atoms with van der Waals surface area (Å²) in [6, 6.07) is 0.510. The quantitative estimate of drug-likeness (QED) is 0.927. The maximum atomic E-state index is 12.0. The van der Waals surface area contributed by atoms with Crippen LogP contribution in [0.15, 0.2) is 6.20 Å². The van der Waals surface area contributed by atoms with E-state index in [1.807, 2.05) is 18.0 Å². The molecule has 0 bridgehead atoms. The van der Waals surface area contributed by atoms with Gasteiger partial charge in [-0.15, -0.1) is 0 Å². The van der Waals surface area contributed by atoms with E-state index in [0.29, 0.717) is 18.5 Å². The maximum Gasteiger partial charge on any atom is 0.317 e. The van der Waals surface area contributed by atoms with E-state index in [-0.39, 0.29) is 6.03 Å². The van der Waals surface area contributed by atoms with Crippen LogP contribution in [0, 0.1) is 12.8 Å². The SMILES string of the molecule is CCNC(=O)N1CCCC(Cc2ncc(C)n2C(C)C)C1. The number of rotatable bonds is 4. The van der Waals surface area contributed by atoms with Crippen molar-refractivity contribution >= 4 is 6.03 Å². The van der Waals surface area contributed by atoms with Crippen molar-refractivity contribution in [1.29, 1.82) is 0 Å². The number of aromatic nitrogens is 2. The lowest BCUT2D eigenvalue weighted by atomic mass is 9.94. The Hall–Kier alpha value is -1.52. The Morgan fingerprint density at radius 1 is 1.52 bits per heavy atom. The second-order valence-electron chi connectivity index (χ2n) is 6.27. The number of amides is 2. The van der Waals surface area contributed by atoms with Crippen LogP contribution in [0.2, 0.25) is 0 Å². The summed E-state index contributed by atoms with van der Waals surface area (Å²) in [5, 5.41) is 2.90. The van der Waals surface area contributed by atoms with Crippen LogP contribution in [0.5, 0.6) is 0 Å². The fourth-order valence-corrected chi connectivity index (χ4v) is 3.29. The standard InChI is InChI=1S/C16H28N4O/c1-5-17-16(21)19-8-6-7-14(11-19)9-15-18-10-13(4)20(15)12(2)3/h10,12,14H,5-9,11H2,1-4H3,(H,17,21). The number of urea groups is 1. The number of imidazole rings is 1. The molecule has 1 aliphatic heterocycles. The van der Waals surface area contributed by atoms with Gasteiger partial charge in [-0.05, 0) is 46.5 Å². The third-order valence-electron chi connectivity index (χ3n) is 4.18. The summed E-state index contributed by atoms with van der Waals surface area (Å²) in [7, 11) is 0. The summed E-state index contributed by atoms with van der Waals surface area (Å²) >= 11 is 0. The number of aryl methyl sites for hydroxylation is 1. The van der Waals surface area contributed by atoms with Crippen LogP contribution < -0.4 is 5.32 Å². The van der Waals surface area contributed by atoms with Crippen LogP contribution in [0.4, 0.5) is 4.79 Å². The first-order valence-corrected chi connectivity index (χ1v) is 8.08. The monoisotopic (exact) mass is 292 g/mol. The van der Waals surface area contributed by atoms with Gasteiger partial charge in [0.25, 0.3) is 0 Å². The van der Waals surface area contributed by atoms with E-state index in [1.165, 1.54) is 12.1 Å². The summed E-state index contributed by atoms with van der Waals surface area (Å²) in [5.74, 6) is 1.67. The van der Waals surface area contributed by atoms with Crippen molar-refractivity contribution in [2.45, 2.75) is 53.0 Å². The van der Waals surface area contributed by atoms with Gasteiger partial charge in [0.2, 0.25) is 0 Å². The zero-order valence-corrected chi connectivity index (χ0v) is 13.7. The molecule has 1 aromatic heterocycles. The van der Waals surface area contributed by atoms with Gasteiger partial charge in [-0.25, -0.2) is 9.78 Å². The number of hydrogen-bond donors (Lipinski definition) is 1. The third-order valence-corrected chi connectivity index (χ3v) is 4.18. The Bertz CT molecular complexity index is 481. The van der Waals surface area contributed by atoms with E-state index in [0.717, 1.165) is 31.8 Å². The lowest BCUT2D eigenvalue weighted by Crippen LogP contribution is -2.45. The van der Waals surface area contributed by atoms with Crippen LogP contribution in [-0.4, -0.2) is 40.1 Å². The fourth-order valence-electron chi connectivity index (χ4n) is 3.29. The summed E-state index contributed by atoms with van der Waals surface area (Å²) in [5.41, 5.74) is 1.22. The van der Waals surface area contributed by atoms with Gasteiger partial charge in [0.1, 0.15) is 5.82 Å². The highest BCUT2D eigenvalue weighted by atomic mass is 16.2. The van der Waals surface area contributed by atoms with Crippen LogP contribution in [-0.2, 0) is 6.42 Å². The van der Waals surface area contributed by atoms with Crippen LogP contribution in [0.25, 0.3) is 0 Å². The summed E-state index contributed by atoms with van der Waals surface area (Å²) in [4.78, 5) is 18.5. The van der Waals surface area contributed by atoms with Gasteiger partial charge in [0, 0.05) is 44.0 Å². The molecule has 118 valence electrons. The molecule has 1 aromatic rings. The van der Waals surface area contributed by atoms with Crippen LogP contribution in [0.3, 0.4) is 0 Å². The molecule has 1 unspecified atom stereocenters. The predicted octanol–water partition coefficient (Wildman–Crippen LogP) is 2.76. The van der Waals surface area contributed by atoms with Crippen molar-refractivity contribution in [2.75, 3.05) is 19.6 Å². The Kier molecular flexibility index (Phi) is 5.26. The molecule has 5 nitrogen and oxygen atoms in total. The molecule has 2 rings (SSSR count). The zero-order valence-electron chi connectivity index (χ0n) is 13.7. The van der Waals surface area contributed by atoms with Gasteiger partial charge in [0.15, 0.2) is 0 Å².